The van der Waals surface area contributed by atoms with Crippen molar-refractivity contribution in [3.63, 3.8) is 0 Å². The molecule has 6 aromatic heterocycles. The standard InChI is InChI=1S/C18H11BrClF3N4OS.C12H10ClF3N2O.C6H2BrClN2S/c1-9-4-5-27(26-9)13-6-10(20)2-3-11(13)16(18(21,22)23)28-17-15-14(24-8-25-17)12(19)7-29-15;1-7-4-5-18(17-7)10-6-8(13)2-3-9(10)11(19)12(14,15)16;7-3-1-11-5-4(3)9-2-10-6(5)8/h2-8,16H,1H3;2-6,11,19H,1H3;1-2H/t16-;11-;/m11./s1. The Bertz CT molecular complexity index is 2750. The number of hydrogen-bond acceptors (Lipinski definition) is 10. The highest BCUT2D eigenvalue weighted by Gasteiger charge is 2.45. The number of rotatable bonds is 6. The van der Waals surface area contributed by atoms with Crippen molar-refractivity contribution in [3.8, 4) is 17.3 Å². The Hall–Kier alpha value is -3.89. The topological polar surface area (TPSA) is 117 Å². The van der Waals surface area contributed by atoms with Crippen LogP contribution in [0.25, 0.3) is 31.8 Å². The maximum absolute atomic E-state index is 14.1. The number of nitrogens with zero attached hydrogens (tertiary/aromatic N) is 8. The molecule has 2 atom stereocenters. The molecule has 8 rings (SSSR count). The molecule has 2 aromatic carbocycles. The van der Waals surface area contributed by atoms with Crippen molar-refractivity contribution in [1.29, 1.82) is 0 Å². The van der Waals surface area contributed by atoms with E-state index in [1.54, 1.807) is 37.6 Å². The molecular weight excluding hydrogens is 1020 g/mol. The van der Waals surface area contributed by atoms with Gasteiger partial charge < -0.3 is 9.84 Å². The number of aliphatic hydroxyl groups excluding tert-OH is 1. The number of aryl methyl sites for hydroxylation is 2. The number of fused-ring (bicyclic) bond motifs is 2. The number of halogens is 11. The highest BCUT2D eigenvalue weighted by Crippen LogP contribution is 2.43. The molecule has 0 spiro atoms. The summed E-state index contributed by atoms with van der Waals surface area (Å²) in [4.78, 5) is 15.9. The van der Waals surface area contributed by atoms with Gasteiger partial charge in [0, 0.05) is 44.3 Å². The molecular formula is C36H23Br2Cl3F6N8O2S2. The summed E-state index contributed by atoms with van der Waals surface area (Å²) in [5.41, 5.74) is 2.52. The number of aromatic nitrogens is 8. The van der Waals surface area contributed by atoms with Crippen molar-refractivity contribution < 1.29 is 36.2 Å². The summed E-state index contributed by atoms with van der Waals surface area (Å²) in [7, 11) is 0. The SMILES string of the molecule is Cc1ccn(-c2cc(Cl)ccc2[C@@H](O)C(F)(F)F)n1.Cc1ccn(-c2cc(Cl)ccc2[C@@H](Oc2ncnc3c(Br)csc23)C(F)(F)F)n1.Clc1ncnc2c(Br)csc12. The molecule has 10 nitrogen and oxygen atoms in total. The lowest BCUT2D eigenvalue weighted by atomic mass is 10.1. The zero-order valence-corrected chi connectivity index (χ0v) is 36.7. The summed E-state index contributed by atoms with van der Waals surface area (Å²) in [6.45, 7) is 3.45. The molecule has 0 fully saturated rings. The van der Waals surface area contributed by atoms with Gasteiger partial charge in [0.25, 0.3) is 0 Å². The first-order chi connectivity index (χ1) is 27.8. The third-order valence-electron chi connectivity index (χ3n) is 7.88. The maximum atomic E-state index is 14.1. The van der Waals surface area contributed by atoms with E-state index >= 15 is 0 Å². The van der Waals surface area contributed by atoms with Crippen LogP contribution in [0.1, 0.15) is 34.7 Å². The molecule has 0 unspecified atom stereocenters. The average molecular weight is 1040 g/mol. The normalized spacial score (nSPS) is 12.8. The van der Waals surface area contributed by atoms with Crippen molar-refractivity contribution in [2.45, 2.75) is 38.4 Å². The van der Waals surface area contributed by atoms with Crippen LogP contribution in [0.4, 0.5) is 26.3 Å². The Labute approximate surface area is 369 Å². The molecule has 0 aliphatic rings. The quantitative estimate of drug-likeness (QED) is 0.129. The third-order valence-corrected chi connectivity index (χ3v) is 12.5. The van der Waals surface area contributed by atoms with E-state index in [1.807, 2.05) is 5.38 Å². The molecule has 308 valence electrons. The number of ether oxygens (including phenoxy) is 1. The van der Waals surface area contributed by atoms with Crippen LogP contribution in [-0.2, 0) is 0 Å². The third kappa shape index (κ3) is 10.5. The second-order valence-corrected chi connectivity index (χ2v) is 16.8. The monoisotopic (exact) mass is 1040 g/mol. The summed E-state index contributed by atoms with van der Waals surface area (Å²) < 4.78 is 91.1. The first kappa shape index (κ1) is 44.7. The van der Waals surface area contributed by atoms with Gasteiger partial charge in [-0.2, -0.15) is 36.5 Å². The molecule has 0 saturated carbocycles. The van der Waals surface area contributed by atoms with Gasteiger partial charge in [-0.1, -0.05) is 46.9 Å². The number of benzene rings is 2. The predicted molar refractivity (Wildman–Crippen MR) is 222 cm³/mol. The molecule has 0 aliphatic heterocycles. The zero-order chi connectivity index (χ0) is 42.8. The van der Waals surface area contributed by atoms with Gasteiger partial charge in [-0.25, -0.2) is 29.3 Å². The Morgan fingerprint density at radius 3 is 1.66 bits per heavy atom. The van der Waals surface area contributed by atoms with Crippen molar-refractivity contribution in [3.05, 3.63) is 131 Å². The highest BCUT2D eigenvalue weighted by atomic mass is 79.9. The van der Waals surface area contributed by atoms with Crippen LogP contribution >= 0.6 is 89.3 Å². The second-order valence-electron chi connectivity index (χ2n) is 12.1. The van der Waals surface area contributed by atoms with Crippen LogP contribution in [0.2, 0.25) is 15.2 Å². The minimum Gasteiger partial charge on any atom is -0.459 e. The lowest BCUT2D eigenvalue weighted by Gasteiger charge is -2.24. The molecule has 8 aromatic rings. The average Bonchev–Trinajstić information content (AvgIpc) is 3.99. The van der Waals surface area contributed by atoms with E-state index in [0.717, 1.165) is 20.8 Å². The van der Waals surface area contributed by atoms with Gasteiger partial charge in [-0.15, -0.1) is 22.7 Å². The lowest BCUT2D eigenvalue weighted by molar-refractivity contribution is -0.206. The fourth-order valence-electron chi connectivity index (χ4n) is 5.25. The summed E-state index contributed by atoms with van der Waals surface area (Å²) in [5.74, 6) is -0.148. The van der Waals surface area contributed by atoms with Crippen LogP contribution in [0.15, 0.2) is 93.3 Å². The number of hydrogen-bond donors (Lipinski definition) is 1. The van der Waals surface area contributed by atoms with Crippen LogP contribution in [-0.4, -0.2) is 57.0 Å². The molecule has 0 amide bonds. The summed E-state index contributed by atoms with van der Waals surface area (Å²) in [5, 5.41) is 22.4. The Morgan fingerprint density at radius 1 is 0.678 bits per heavy atom. The lowest BCUT2D eigenvalue weighted by Crippen LogP contribution is -2.27. The molecule has 0 saturated heterocycles. The zero-order valence-electron chi connectivity index (χ0n) is 29.6. The maximum Gasteiger partial charge on any atom is 0.429 e. The van der Waals surface area contributed by atoms with Crippen molar-refractivity contribution in [2.75, 3.05) is 0 Å². The van der Waals surface area contributed by atoms with E-state index in [2.05, 4.69) is 62.0 Å². The summed E-state index contributed by atoms with van der Waals surface area (Å²) in [6, 6.07) is 11.2. The minimum atomic E-state index is -4.75. The first-order valence-corrected chi connectivity index (χ1v) is 20.8. The number of aliphatic hydroxyl groups is 1. The first-order valence-electron chi connectivity index (χ1n) is 16.3. The van der Waals surface area contributed by atoms with Gasteiger partial charge in [0.2, 0.25) is 12.0 Å². The van der Waals surface area contributed by atoms with Crippen molar-refractivity contribution >= 4 is 110 Å². The second kappa shape index (κ2) is 18.4. The predicted octanol–water partition coefficient (Wildman–Crippen LogP) is 12.8. The molecule has 59 heavy (non-hydrogen) atoms. The molecule has 0 aliphatic carbocycles. The molecule has 6 heterocycles. The van der Waals surface area contributed by atoms with E-state index in [1.165, 1.54) is 81.2 Å². The van der Waals surface area contributed by atoms with E-state index < -0.39 is 24.6 Å². The number of alkyl halides is 6. The van der Waals surface area contributed by atoms with E-state index in [-0.39, 0.29) is 38.4 Å². The summed E-state index contributed by atoms with van der Waals surface area (Å²) in [6.07, 6.45) is -8.61. The van der Waals surface area contributed by atoms with Gasteiger partial charge >= 0.3 is 12.4 Å². The van der Waals surface area contributed by atoms with E-state index in [4.69, 9.17) is 39.5 Å². The Balaban J connectivity index is 0.000000166. The van der Waals surface area contributed by atoms with Crippen molar-refractivity contribution in [1.82, 2.24) is 39.5 Å². The highest BCUT2D eigenvalue weighted by molar-refractivity contribution is 9.11. The molecule has 23 heteroatoms. The van der Waals surface area contributed by atoms with Crippen LogP contribution < -0.4 is 4.74 Å². The van der Waals surface area contributed by atoms with Gasteiger partial charge in [0.1, 0.15) is 33.5 Å². The fourth-order valence-corrected chi connectivity index (χ4v) is 8.84. The summed E-state index contributed by atoms with van der Waals surface area (Å²) >= 11 is 27.1. The van der Waals surface area contributed by atoms with Gasteiger partial charge in [0.05, 0.1) is 36.4 Å². The van der Waals surface area contributed by atoms with Crippen LogP contribution in [0.3, 0.4) is 0 Å². The van der Waals surface area contributed by atoms with Gasteiger partial charge in [-0.05, 0) is 82.1 Å². The van der Waals surface area contributed by atoms with Crippen LogP contribution in [0, 0.1) is 13.8 Å². The fraction of sp³-hybridized carbons (Fsp3) is 0.167. The molecule has 1 N–H and O–H groups in total. The number of thiophene rings is 2. The molecule has 0 radical (unpaired) electrons. The molecule has 0 bridgehead atoms. The smallest absolute Gasteiger partial charge is 0.429 e. The largest absolute Gasteiger partial charge is 0.459 e. The van der Waals surface area contributed by atoms with Gasteiger partial charge in [-0.3, -0.25) is 0 Å². The Morgan fingerprint density at radius 2 is 1.17 bits per heavy atom. The Kier molecular flexibility index (Phi) is 13.9. The van der Waals surface area contributed by atoms with E-state index in [0.29, 0.717) is 31.2 Å². The van der Waals surface area contributed by atoms with Crippen LogP contribution in [0.5, 0.6) is 5.88 Å². The van der Waals surface area contributed by atoms with Gasteiger partial charge in [0.15, 0.2) is 6.10 Å². The van der Waals surface area contributed by atoms with E-state index in [9.17, 15) is 31.4 Å². The van der Waals surface area contributed by atoms with Crippen molar-refractivity contribution in [2.24, 2.45) is 0 Å². The minimum absolute atomic E-state index is 0.102.